The molecule has 5 aromatic carbocycles. The molecule has 0 saturated carbocycles. The molecule has 0 atom stereocenters. The standard InChI is InChI=1S/C30H18N2O4/c33-32(34)24-11-5-4-10-21(24)19-14-15-22-23-17-29-30(36-28-13-7-6-12-27(28)35-29)18-26(23)31(25(22)16-19)20-8-2-1-3-9-20/h1-18H. The Balaban J connectivity index is 1.52. The van der Waals surface area contributed by atoms with E-state index in [0.29, 0.717) is 28.6 Å². The third kappa shape index (κ3) is 3.05. The molecular formula is C30H18N2O4. The van der Waals surface area contributed by atoms with Crippen LogP contribution in [0, 0.1) is 10.1 Å². The van der Waals surface area contributed by atoms with Crippen molar-refractivity contribution in [1.29, 1.82) is 0 Å². The van der Waals surface area contributed by atoms with Crippen molar-refractivity contribution in [3.63, 3.8) is 0 Å². The summed E-state index contributed by atoms with van der Waals surface area (Å²) in [5.41, 5.74) is 4.31. The maximum absolute atomic E-state index is 11.7. The van der Waals surface area contributed by atoms with Gasteiger partial charge in [0.15, 0.2) is 23.0 Å². The monoisotopic (exact) mass is 470 g/mol. The molecule has 0 bridgehead atoms. The summed E-state index contributed by atoms with van der Waals surface area (Å²) in [7, 11) is 0. The predicted octanol–water partition coefficient (Wildman–Crippen LogP) is 8.26. The Labute approximate surface area is 205 Å². The zero-order chi connectivity index (χ0) is 24.2. The minimum Gasteiger partial charge on any atom is -0.449 e. The van der Waals surface area contributed by atoms with Gasteiger partial charge in [0.25, 0.3) is 5.69 Å². The highest BCUT2D eigenvalue weighted by molar-refractivity contribution is 6.11. The molecule has 6 aromatic rings. The topological polar surface area (TPSA) is 66.5 Å². The van der Waals surface area contributed by atoms with Crippen molar-refractivity contribution in [3.8, 4) is 39.8 Å². The smallest absolute Gasteiger partial charge is 0.277 e. The van der Waals surface area contributed by atoms with Crippen molar-refractivity contribution >= 4 is 27.5 Å². The van der Waals surface area contributed by atoms with E-state index in [4.69, 9.17) is 9.47 Å². The summed E-state index contributed by atoms with van der Waals surface area (Å²) < 4.78 is 14.5. The van der Waals surface area contributed by atoms with Crippen LogP contribution in [-0.2, 0) is 0 Å². The Morgan fingerprint density at radius 1 is 0.611 bits per heavy atom. The van der Waals surface area contributed by atoms with Crippen LogP contribution < -0.4 is 9.47 Å². The van der Waals surface area contributed by atoms with E-state index in [-0.39, 0.29) is 10.6 Å². The SMILES string of the molecule is O=[N+]([O-])c1ccccc1-c1ccc2c3cc4c(cc3n(-c3ccccc3)c2c1)Oc1ccccc1O4. The van der Waals surface area contributed by atoms with E-state index in [9.17, 15) is 10.1 Å². The van der Waals surface area contributed by atoms with Gasteiger partial charge >= 0.3 is 0 Å². The van der Waals surface area contributed by atoms with E-state index in [0.717, 1.165) is 33.1 Å². The van der Waals surface area contributed by atoms with Gasteiger partial charge in [0.2, 0.25) is 0 Å². The second-order valence-electron chi connectivity index (χ2n) is 8.64. The Kier molecular flexibility index (Phi) is 4.35. The molecule has 1 aliphatic rings. The minimum atomic E-state index is -0.341. The summed E-state index contributed by atoms with van der Waals surface area (Å²) in [6.45, 7) is 0. The van der Waals surface area contributed by atoms with Gasteiger partial charge in [-0.05, 0) is 48.0 Å². The number of nitrogens with zero attached hydrogens (tertiary/aromatic N) is 2. The molecule has 0 fully saturated rings. The number of nitro groups is 1. The predicted molar refractivity (Wildman–Crippen MR) is 139 cm³/mol. The van der Waals surface area contributed by atoms with Gasteiger partial charge in [-0.1, -0.05) is 54.6 Å². The highest BCUT2D eigenvalue weighted by atomic mass is 16.6. The highest BCUT2D eigenvalue weighted by Crippen LogP contribution is 2.48. The molecule has 0 unspecified atom stereocenters. The molecule has 0 spiro atoms. The number of hydrogen-bond donors (Lipinski definition) is 0. The molecule has 7 rings (SSSR count). The van der Waals surface area contributed by atoms with E-state index < -0.39 is 0 Å². The normalized spacial score (nSPS) is 12.0. The van der Waals surface area contributed by atoms with Crippen LogP contribution in [0.3, 0.4) is 0 Å². The molecule has 1 aromatic heterocycles. The van der Waals surface area contributed by atoms with Crippen molar-refractivity contribution in [2.24, 2.45) is 0 Å². The molecule has 0 amide bonds. The first-order valence-electron chi connectivity index (χ1n) is 11.5. The van der Waals surface area contributed by atoms with Crippen LogP contribution in [-0.4, -0.2) is 9.49 Å². The van der Waals surface area contributed by atoms with Crippen molar-refractivity contribution in [2.75, 3.05) is 0 Å². The molecule has 0 N–H and O–H groups in total. The Hall–Kier alpha value is -5.10. The fourth-order valence-electron chi connectivity index (χ4n) is 4.94. The first-order chi connectivity index (χ1) is 17.7. The molecule has 6 heteroatoms. The van der Waals surface area contributed by atoms with Crippen molar-refractivity contribution in [1.82, 2.24) is 4.57 Å². The minimum absolute atomic E-state index is 0.0780. The molecule has 1 aliphatic heterocycles. The van der Waals surface area contributed by atoms with E-state index in [1.54, 1.807) is 12.1 Å². The molecule has 0 radical (unpaired) electrons. The fourth-order valence-corrected chi connectivity index (χ4v) is 4.94. The van der Waals surface area contributed by atoms with Gasteiger partial charge in [0.05, 0.1) is 21.5 Å². The second kappa shape index (κ2) is 7.71. The van der Waals surface area contributed by atoms with Gasteiger partial charge in [0.1, 0.15) is 0 Å². The Morgan fingerprint density at radius 3 is 2.00 bits per heavy atom. The average molecular weight is 470 g/mol. The number of fused-ring (bicyclic) bond motifs is 5. The first-order valence-corrected chi connectivity index (χ1v) is 11.5. The maximum atomic E-state index is 11.7. The first kappa shape index (κ1) is 20.3. The lowest BCUT2D eigenvalue weighted by Gasteiger charge is -2.20. The summed E-state index contributed by atoms with van der Waals surface area (Å²) in [5.74, 6) is 2.64. The average Bonchev–Trinajstić information content (AvgIpc) is 3.23. The van der Waals surface area contributed by atoms with E-state index >= 15 is 0 Å². The largest absolute Gasteiger partial charge is 0.449 e. The third-order valence-corrected chi connectivity index (χ3v) is 6.55. The second-order valence-corrected chi connectivity index (χ2v) is 8.64. The molecule has 36 heavy (non-hydrogen) atoms. The van der Waals surface area contributed by atoms with E-state index in [1.165, 1.54) is 6.07 Å². The van der Waals surface area contributed by atoms with Gasteiger partial charge in [-0.3, -0.25) is 10.1 Å². The van der Waals surface area contributed by atoms with Crippen LogP contribution in [0.15, 0.2) is 109 Å². The lowest BCUT2D eigenvalue weighted by atomic mass is 10.0. The molecule has 172 valence electrons. The molecule has 0 saturated heterocycles. The Bertz CT molecular complexity index is 1820. The van der Waals surface area contributed by atoms with Crippen LogP contribution in [0.25, 0.3) is 38.6 Å². The molecular weight excluding hydrogens is 452 g/mol. The maximum Gasteiger partial charge on any atom is 0.277 e. The fraction of sp³-hybridized carbons (Fsp3) is 0. The van der Waals surface area contributed by atoms with Crippen LogP contribution in [0.5, 0.6) is 23.0 Å². The zero-order valence-corrected chi connectivity index (χ0v) is 18.9. The van der Waals surface area contributed by atoms with Crippen LogP contribution in [0.1, 0.15) is 0 Å². The van der Waals surface area contributed by atoms with E-state index in [2.05, 4.69) is 4.57 Å². The molecule has 6 nitrogen and oxygen atoms in total. The van der Waals surface area contributed by atoms with Crippen LogP contribution in [0.2, 0.25) is 0 Å². The van der Waals surface area contributed by atoms with Gasteiger partial charge in [0, 0.05) is 28.6 Å². The van der Waals surface area contributed by atoms with Crippen molar-refractivity contribution in [2.45, 2.75) is 0 Å². The van der Waals surface area contributed by atoms with Gasteiger partial charge in [-0.15, -0.1) is 0 Å². The lowest BCUT2D eigenvalue weighted by Crippen LogP contribution is -1.99. The number of benzene rings is 5. The number of nitro benzene ring substituents is 1. The van der Waals surface area contributed by atoms with Crippen molar-refractivity contribution < 1.29 is 14.4 Å². The van der Waals surface area contributed by atoms with Gasteiger partial charge < -0.3 is 14.0 Å². The molecule has 0 aliphatic carbocycles. The van der Waals surface area contributed by atoms with Crippen LogP contribution in [0.4, 0.5) is 5.69 Å². The number of hydrogen-bond acceptors (Lipinski definition) is 4. The third-order valence-electron chi connectivity index (χ3n) is 6.55. The van der Waals surface area contributed by atoms with Gasteiger partial charge in [-0.25, -0.2) is 0 Å². The number of rotatable bonds is 3. The zero-order valence-electron chi connectivity index (χ0n) is 18.9. The summed E-state index contributed by atoms with van der Waals surface area (Å²) in [6, 6.07) is 34.4. The summed E-state index contributed by atoms with van der Waals surface area (Å²) in [5, 5.41) is 13.7. The summed E-state index contributed by atoms with van der Waals surface area (Å²) in [6.07, 6.45) is 0. The number of ether oxygens (including phenoxy) is 2. The van der Waals surface area contributed by atoms with E-state index in [1.807, 2.05) is 91.0 Å². The summed E-state index contributed by atoms with van der Waals surface area (Å²) in [4.78, 5) is 11.4. The van der Waals surface area contributed by atoms with Crippen LogP contribution >= 0.6 is 0 Å². The van der Waals surface area contributed by atoms with Crippen molar-refractivity contribution in [3.05, 3.63) is 119 Å². The molecule has 2 heterocycles. The Morgan fingerprint density at radius 2 is 1.25 bits per heavy atom. The number of aromatic nitrogens is 1. The van der Waals surface area contributed by atoms with Gasteiger partial charge in [-0.2, -0.15) is 0 Å². The highest BCUT2D eigenvalue weighted by Gasteiger charge is 2.23. The lowest BCUT2D eigenvalue weighted by molar-refractivity contribution is -0.384. The summed E-state index contributed by atoms with van der Waals surface area (Å²) >= 11 is 0. The number of para-hydroxylation sites is 4. The quantitative estimate of drug-likeness (QED) is 0.193.